The molecule has 10 heteroatoms. The Balaban J connectivity index is 1.75. The minimum atomic E-state index is -0.975. The Labute approximate surface area is 366 Å². The molecule has 0 saturated heterocycles. The van der Waals surface area contributed by atoms with Crippen LogP contribution < -0.4 is 9.47 Å². The fourth-order valence-electron chi connectivity index (χ4n) is 5.21. The second-order valence-electron chi connectivity index (χ2n) is 13.3. The molecule has 0 radical (unpaired) electrons. The number of ether oxygens (including phenoxy) is 5. The Morgan fingerprint density at radius 2 is 1.02 bits per heavy atom. The van der Waals surface area contributed by atoms with E-state index in [1.165, 1.54) is 26.6 Å². The van der Waals surface area contributed by atoms with Crippen LogP contribution in [0.25, 0.3) is 23.3 Å². The molecule has 0 aliphatic heterocycles. The maximum absolute atomic E-state index is 16.6. The van der Waals surface area contributed by atoms with Crippen LogP contribution in [0.15, 0.2) is 135 Å². The maximum atomic E-state index is 16.6. The Kier molecular flexibility index (Phi) is 16.9. The van der Waals surface area contributed by atoms with E-state index < -0.39 is 35.4 Å². The molecule has 4 rings (SSSR count). The van der Waals surface area contributed by atoms with Gasteiger partial charge in [-0.2, -0.15) is 0 Å². The van der Waals surface area contributed by atoms with Crippen LogP contribution in [-0.4, -0.2) is 31.0 Å². The number of allylic oxidation sites excluding steroid dienone is 2. The number of carbonyl (C=O) groups excluding carboxylic acids is 4. The van der Waals surface area contributed by atoms with Crippen molar-refractivity contribution in [3.05, 3.63) is 191 Å². The van der Waals surface area contributed by atoms with E-state index in [0.717, 1.165) is 40.0 Å². The van der Waals surface area contributed by atoms with E-state index in [1.54, 1.807) is 55.5 Å². The molecule has 0 aliphatic rings. The molecule has 0 bridgehead atoms. The molecule has 63 heavy (non-hydrogen) atoms. The molecule has 314 valence electrons. The number of halogens is 1. The molecule has 0 aromatic heterocycles. The molecule has 9 nitrogen and oxygen atoms in total. The Bertz CT molecular complexity index is 2780. The van der Waals surface area contributed by atoms with Crippen molar-refractivity contribution >= 4 is 47.2 Å². The normalized spacial score (nSPS) is 10.6. The molecular formula is C53H41FO9. The van der Waals surface area contributed by atoms with Crippen molar-refractivity contribution in [2.45, 2.75) is 27.7 Å². The Morgan fingerprint density at radius 3 is 1.48 bits per heavy atom. The predicted octanol–water partition coefficient (Wildman–Crippen LogP) is 9.89. The highest BCUT2D eigenvalue weighted by atomic mass is 19.1. The molecule has 4 aromatic carbocycles. The lowest BCUT2D eigenvalue weighted by Gasteiger charge is -2.15. The van der Waals surface area contributed by atoms with Crippen LogP contribution in [0.2, 0.25) is 0 Å². The number of methoxy groups -OCH3 is 1. The molecular weight excluding hydrogens is 800 g/mol. The SMILES string of the molecule is C=CC(=O)OC#Cc1c(C#Cc2ccc(/C(C)=C(\C)c3ccc(/C=C/OC(=O)C(=C)C)cc3)cc2)c(F)c(OC)c(C#Cc2ccc(/C=C/OC(=O)C(=C)C)cc2)c1OC(=O)C=C. The fraction of sp³-hybridized carbons (Fsp3) is 0.0943. The van der Waals surface area contributed by atoms with E-state index in [0.29, 0.717) is 22.3 Å². The van der Waals surface area contributed by atoms with E-state index >= 15 is 4.39 Å². The molecule has 0 heterocycles. The predicted molar refractivity (Wildman–Crippen MR) is 241 cm³/mol. The lowest BCUT2D eigenvalue weighted by atomic mass is 9.95. The van der Waals surface area contributed by atoms with Crippen LogP contribution in [-0.2, 0) is 33.4 Å². The lowest BCUT2D eigenvalue weighted by Crippen LogP contribution is -2.10. The van der Waals surface area contributed by atoms with Gasteiger partial charge >= 0.3 is 23.9 Å². The smallest absolute Gasteiger partial charge is 0.344 e. The average molecular weight is 841 g/mol. The minimum Gasteiger partial charge on any atom is -0.492 e. The van der Waals surface area contributed by atoms with Crippen molar-refractivity contribution < 1.29 is 47.3 Å². The molecule has 0 amide bonds. The van der Waals surface area contributed by atoms with Gasteiger partial charge in [-0.05, 0) is 103 Å². The van der Waals surface area contributed by atoms with Crippen LogP contribution >= 0.6 is 0 Å². The molecule has 0 unspecified atom stereocenters. The zero-order valence-corrected chi connectivity index (χ0v) is 35.3. The first kappa shape index (κ1) is 47.0. The standard InChI is InChI=1S/C53H41FO9/c1-10-47(55)60-33-30-45-44(26-20-39-16-22-42(23-17-39)36(7)37(8)43-24-18-41(19-25-43)29-32-62-53(58)35(5)6)49(54)51(59-9)46(50(45)63-48(56)11-2)27-21-38-12-14-40(15-13-38)28-31-61-52(57)34(3)4/h10-19,22-25,28-29,31-32H,1-3,5H2,4,6-9H3/b31-28+,32-29+,37-36+. The third-order valence-electron chi connectivity index (χ3n) is 8.78. The number of carbonyl (C=O) groups is 4. The third-order valence-corrected chi connectivity index (χ3v) is 8.78. The topological polar surface area (TPSA) is 114 Å². The summed E-state index contributed by atoms with van der Waals surface area (Å²) < 4.78 is 42.6. The molecule has 0 fully saturated rings. The van der Waals surface area contributed by atoms with Gasteiger partial charge in [-0.3, -0.25) is 0 Å². The molecule has 0 N–H and O–H groups in total. The van der Waals surface area contributed by atoms with E-state index in [9.17, 15) is 19.2 Å². The summed E-state index contributed by atoms with van der Waals surface area (Å²) in [5.74, 6) is 9.46. The second kappa shape index (κ2) is 22.6. The van der Waals surface area contributed by atoms with Crippen LogP contribution in [0.4, 0.5) is 4.39 Å². The molecule has 4 aromatic rings. The summed E-state index contributed by atoms with van der Waals surface area (Å²) in [7, 11) is 1.21. The number of hydrogen-bond donors (Lipinski definition) is 0. The van der Waals surface area contributed by atoms with Gasteiger partial charge < -0.3 is 23.7 Å². The van der Waals surface area contributed by atoms with Crippen molar-refractivity contribution in [1.82, 2.24) is 0 Å². The fourth-order valence-corrected chi connectivity index (χ4v) is 5.21. The van der Waals surface area contributed by atoms with Crippen molar-refractivity contribution in [2.75, 3.05) is 7.11 Å². The summed E-state index contributed by atoms with van der Waals surface area (Å²) in [5.41, 5.74) is 6.18. The van der Waals surface area contributed by atoms with E-state index in [4.69, 9.17) is 23.7 Å². The summed E-state index contributed by atoms with van der Waals surface area (Å²) in [5, 5.41) is 0. The average Bonchev–Trinajstić information content (AvgIpc) is 3.28. The van der Waals surface area contributed by atoms with Gasteiger partial charge in [-0.25, -0.2) is 23.6 Å². The summed E-state index contributed by atoms with van der Waals surface area (Å²) in [6.07, 6.45) is 9.80. The quantitative estimate of drug-likeness (QED) is 0.0262. The lowest BCUT2D eigenvalue weighted by molar-refractivity contribution is -0.134. The minimum absolute atomic E-state index is 0.192. The highest BCUT2D eigenvalue weighted by Crippen LogP contribution is 2.38. The number of rotatable bonds is 12. The monoisotopic (exact) mass is 840 g/mol. The largest absolute Gasteiger partial charge is 0.492 e. The highest BCUT2D eigenvalue weighted by Gasteiger charge is 2.26. The van der Waals surface area contributed by atoms with Crippen molar-refractivity contribution in [2.24, 2.45) is 0 Å². The van der Waals surface area contributed by atoms with Crippen molar-refractivity contribution in [3.63, 3.8) is 0 Å². The number of hydrogen-bond acceptors (Lipinski definition) is 9. The van der Waals surface area contributed by atoms with Gasteiger partial charge in [0.2, 0.25) is 0 Å². The van der Waals surface area contributed by atoms with E-state index in [-0.39, 0.29) is 28.0 Å². The third kappa shape index (κ3) is 13.2. The molecule has 0 saturated carbocycles. The van der Waals surface area contributed by atoms with Gasteiger partial charge in [0.15, 0.2) is 17.3 Å². The Hall–Kier alpha value is -8.65. The first-order valence-corrected chi connectivity index (χ1v) is 18.9. The van der Waals surface area contributed by atoms with Crippen LogP contribution in [0.5, 0.6) is 11.5 Å². The van der Waals surface area contributed by atoms with Crippen LogP contribution in [0.1, 0.15) is 77.8 Å². The van der Waals surface area contributed by atoms with Crippen molar-refractivity contribution in [3.8, 4) is 47.2 Å². The van der Waals surface area contributed by atoms with E-state index in [2.05, 4.69) is 62.0 Å². The van der Waals surface area contributed by atoms with Gasteiger partial charge in [-0.1, -0.05) is 98.5 Å². The number of esters is 4. The maximum Gasteiger partial charge on any atom is 0.344 e. The van der Waals surface area contributed by atoms with E-state index in [1.807, 2.05) is 50.2 Å². The van der Waals surface area contributed by atoms with Gasteiger partial charge in [0.05, 0.1) is 30.8 Å². The molecule has 0 atom stereocenters. The first-order chi connectivity index (χ1) is 30.2. The summed E-state index contributed by atoms with van der Waals surface area (Å²) >= 11 is 0. The summed E-state index contributed by atoms with van der Waals surface area (Å²) in [6.45, 7) is 21.0. The van der Waals surface area contributed by atoms with Gasteiger partial charge in [-0.15, -0.1) is 0 Å². The van der Waals surface area contributed by atoms with Crippen LogP contribution in [0.3, 0.4) is 0 Å². The molecule has 0 aliphatic carbocycles. The van der Waals surface area contributed by atoms with Gasteiger partial charge in [0, 0.05) is 34.4 Å². The molecule has 0 spiro atoms. The Morgan fingerprint density at radius 1 is 0.571 bits per heavy atom. The van der Waals surface area contributed by atoms with Gasteiger partial charge in [0.25, 0.3) is 0 Å². The van der Waals surface area contributed by atoms with Gasteiger partial charge in [0.1, 0.15) is 11.7 Å². The van der Waals surface area contributed by atoms with Crippen LogP contribution in [0, 0.1) is 41.5 Å². The zero-order chi connectivity index (χ0) is 46.1. The summed E-state index contributed by atoms with van der Waals surface area (Å²) in [6, 6.07) is 21.7. The summed E-state index contributed by atoms with van der Waals surface area (Å²) in [4.78, 5) is 47.9. The zero-order valence-electron chi connectivity index (χ0n) is 35.3. The first-order valence-electron chi connectivity index (χ1n) is 18.9. The van der Waals surface area contributed by atoms with Crippen molar-refractivity contribution in [1.29, 1.82) is 0 Å². The highest BCUT2D eigenvalue weighted by molar-refractivity contribution is 5.90. The number of benzene rings is 4. The second-order valence-corrected chi connectivity index (χ2v) is 13.3.